The summed E-state index contributed by atoms with van der Waals surface area (Å²) in [5.41, 5.74) is 0. The van der Waals surface area contributed by atoms with Gasteiger partial charge in [0.1, 0.15) is 13.2 Å². The predicted octanol–water partition coefficient (Wildman–Crippen LogP) is 20.7. The molecule has 0 aromatic rings. The Morgan fingerprint density at radius 3 is 0.816 bits per heavy atom. The molecule has 0 aliphatic heterocycles. The molecular weight excluding hydrogens is 937 g/mol. The summed E-state index contributed by atoms with van der Waals surface area (Å²) in [6.45, 7) is 6.28. The Kier molecular flexibility index (Phi) is 58.0. The Morgan fingerprint density at radius 1 is 0.276 bits per heavy atom. The van der Waals surface area contributed by atoms with Crippen LogP contribution in [0.4, 0.5) is 0 Å². The quantitative estimate of drug-likeness (QED) is 0.0261. The van der Waals surface area contributed by atoms with Crippen LogP contribution in [0.3, 0.4) is 0 Å². The fraction of sp³-hybridized carbons (Fsp3) is 0.557. The molecule has 0 spiro atoms. The molecule has 0 bridgehead atoms. The summed E-state index contributed by atoms with van der Waals surface area (Å²) in [7, 11) is 0. The second-order valence-electron chi connectivity index (χ2n) is 19.1. The van der Waals surface area contributed by atoms with E-state index >= 15 is 0 Å². The second-order valence-corrected chi connectivity index (χ2v) is 19.1. The number of hydrogen-bond acceptors (Lipinski definition) is 6. The second kappa shape index (κ2) is 62.3. The summed E-state index contributed by atoms with van der Waals surface area (Å²) in [4.78, 5) is 38.1. The molecule has 0 saturated carbocycles. The number of unbranched alkanes of at least 4 members (excludes halogenated alkanes) is 13. The van der Waals surface area contributed by atoms with E-state index in [9.17, 15) is 14.4 Å². The molecule has 6 heteroatoms. The molecule has 1 atom stereocenters. The summed E-state index contributed by atoms with van der Waals surface area (Å²) in [5.74, 6) is -1.00. The van der Waals surface area contributed by atoms with E-state index in [1.807, 2.05) is 0 Å². The third kappa shape index (κ3) is 59.6. The first-order chi connectivity index (χ1) is 37.5. The van der Waals surface area contributed by atoms with Crippen molar-refractivity contribution >= 4 is 17.9 Å². The zero-order valence-electron chi connectivity index (χ0n) is 48.4. The monoisotopic (exact) mass is 1040 g/mol. The van der Waals surface area contributed by atoms with Crippen LogP contribution in [0.15, 0.2) is 170 Å². The van der Waals surface area contributed by atoms with Gasteiger partial charge in [-0.15, -0.1) is 0 Å². The largest absolute Gasteiger partial charge is 0.462 e. The van der Waals surface area contributed by atoms with Crippen LogP contribution >= 0.6 is 0 Å². The van der Waals surface area contributed by atoms with Crippen molar-refractivity contribution in [1.82, 2.24) is 0 Å². The normalized spacial score (nSPS) is 13.4. The van der Waals surface area contributed by atoms with Crippen molar-refractivity contribution in [2.75, 3.05) is 13.2 Å². The number of allylic oxidation sites excluding steroid dienone is 28. The van der Waals surface area contributed by atoms with Crippen LogP contribution in [0.2, 0.25) is 0 Å². The summed E-state index contributed by atoms with van der Waals surface area (Å²) < 4.78 is 16.8. The maximum absolute atomic E-state index is 12.8. The SMILES string of the molecule is CC/C=C\C/C=C\C/C=C\C/C=C\C/C=C\C/C=C\C/C=C\C/C=C\C/C=C\CCCCCC(=O)OCC(COC(=O)CCCCC/C=C\C/C=C\C/C=C\CC)OC(=O)CCCCCCC/C=C\C/C=C\CCCC. The number of esters is 3. The van der Waals surface area contributed by atoms with Crippen LogP contribution in [-0.2, 0) is 28.6 Å². The molecule has 0 aromatic carbocycles. The van der Waals surface area contributed by atoms with Crippen LogP contribution in [0.1, 0.15) is 233 Å². The molecule has 0 saturated heterocycles. The van der Waals surface area contributed by atoms with Gasteiger partial charge in [0.05, 0.1) is 0 Å². The molecule has 0 amide bonds. The Labute approximate surface area is 466 Å². The van der Waals surface area contributed by atoms with E-state index < -0.39 is 6.10 Å². The molecule has 424 valence electrons. The zero-order valence-corrected chi connectivity index (χ0v) is 48.4. The van der Waals surface area contributed by atoms with Gasteiger partial charge in [0, 0.05) is 19.3 Å². The lowest BCUT2D eigenvalue weighted by Gasteiger charge is -2.18. The molecule has 0 aromatic heterocycles. The van der Waals surface area contributed by atoms with E-state index in [0.29, 0.717) is 12.8 Å². The van der Waals surface area contributed by atoms with E-state index in [2.05, 4.69) is 191 Å². The van der Waals surface area contributed by atoms with Crippen molar-refractivity contribution in [3.8, 4) is 0 Å². The van der Waals surface area contributed by atoms with Gasteiger partial charge in [-0.3, -0.25) is 14.4 Å². The molecule has 0 N–H and O–H groups in total. The van der Waals surface area contributed by atoms with Gasteiger partial charge in [-0.25, -0.2) is 0 Å². The van der Waals surface area contributed by atoms with E-state index in [1.54, 1.807) is 0 Å². The molecule has 1 unspecified atom stereocenters. The minimum Gasteiger partial charge on any atom is -0.462 e. The number of hydrogen-bond donors (Lipinski definition) is 0. The minimum absolute atomic E-state index is 0.117. The van der Waals surface area contributed by atoms with Crippen LogP contribution in [0, 0.1) is 0 Å². The Balaban J connectivity index is 4.41. The predicted molar refractivity (Wildman–Crippen MR) is 329 cm³/mol. The van der Waals surface area contributed by atoms with Gasteiger partial charge in [0.15, 0.2) is 6.10 Å². The Hall–Kier alpha value is -5.23. The minimum atomic E-state index is -0.820. The zero-order chi connectivity index (χ0) is 55.0. The number of carbonyl (C=O) groups is 3. The lowest BCUT2D eigenvalue weighted by molar-refractivity contribution is -0.167. The van der Waals surface area contributed by atoms with Crippen LogP contribution < -0.4 is 0 Å². The standard InChI is InChI=1S/C70H108O6/c1-4-7-10-13-16-19-22-25-27-28-29-30-31-32-33-34-35-36-37-38-39-40-41-42-43-46-48-51-54-57-60-63-69(72)75-66-67(65-74-68(71)62-59-56-53-50-47-44-24-21-18-15-12-9-6-3)76-70(73)64-61-58-55-52-49-45-26-23-20-17-14-11-8-5-2/h7,9-10,12,14,16-19,21,23,25-27,29-30,32-33,35-36,38-39,41-42,44,46-48,67H,4-6,8,11,13,15,20,22,24,28,31,34,37,40,43,45,49-66H2,1-3H3/b10-7-,12-9-,17-14-,19-16-,21-18-,26-23-,27-25-,30-29-,33-32-,36-35-,39-38-,42-41-,47-44-,48-46-. The summed E-state index contributed by atoms with van der Waals surface area (Å²) >= 11 is 0. The molecule has 6 nitrogen and oxygen atoms in total. The Bertz CT molecular complexity index is 1770. The summed E-state index contributed by atoms with van der Waals surface area (Å²) in [5, 5.41) is 0. The van der Waals surface area contributed by atoms with Gasteiger partial charge in [0.25, 0.3) is 0 Å². The van der Waals surface area contributed by atoms with Crippen LogP contribution in [0.25, 0.3) is 0 Å². The van der Waals surface area contributed by atoms with Crippen molar-refractivity contribution in [2.45, 2.75) is 239 Å². The van der Waals surface area contributed by atoms with E-state index in [1.165, 1.54) is 19.3 Å². The van der Waals surface area contributed by atoms with Crippen molar-refractivity contribution in [3.05, 3.63) is 170 Å². The van der Waals surface area contributed by atoms with Crippen molar-refractivity contribution in [1.29, 1.82) is 0 Å². The molecule has 0 rings (SSSR count). The highest BCUT2D eigenvalue weighted by Gasteiger charge is 2.19. The molecule has 76 heavy (non-hydrogen) atoms. The van der Waals surface area contributed by atoms with E-state index in [0.717, 1.165) is 173 Å². The molecule has 0 aliphatic carbocycles. The fourth-order valence-electron chi connectivity index (χ4n) is 7.46. The third-order valence-electron chi connectivity index (χ3n) is 11.9. The smallest absolute Gasteiger partial charge is 0.306 e. The average Bonchev–Trinajstić information content (AvgIpc) is 3.42. The first-order valence-corrected chi connectivity index (χ1v) is 30.1. The van der Waals surface area contributed by atoms with Gasteiger partial charge in [-0.1, -0.05) is 236 Å². The molecule has 0 aliphatic rings. The highest BCUT2D eigenvalue weighted by atomic mass is 16.6. The number of carbonyl (C=O) groups excluding carboxylic acids is 3. The van der Waals surface area contributed by atoms with Gasteiger partial charge in [-0.05, 0) is 148 Å². The molecular formula is C70H108O6. The first-order valence-electron chi connectivity index (χ1n) is 30.1. The third-order valence-corrected chi connectivity index (χ3v) is 11.9. The van der Waals surface area contributed by atoms with Crippen molar-refractivity contribution < 1.29 is 28.6 Å². The first kappa shape index (κ1) is 70.8. The lowest BCUT2D eigenvalue weighted by atomic mass is 10.1. The average molecular weight is 1050 g/mol. The Morgan fingerprint density at radius 2 is 0.513 bits per heavy atom. The molecule has 0 heterocycles. The van der Waals surface area contributed by atoms with Gasteiger partial charge >= 0.3 is 17.9 Å². The maximum atomic E-state index is 12.8. The van der Waals surface area contributed by atoms with E-state index in [4.69, 9.17) is 14.2 Å². The topological polar surface area (TPSA) is 78.9 Å². The van der Waals surface area contributed by atoms with Crippen LogP contribution in [0.5, 0.6) is 0 Å². The highest BCUT2D eigenvalue weighted by molar-refractivity contribution is 5.71. The van der Waals surface area contributed by atoms with Gasteiger partial charge < -0.3 is 14.2 Å². The fourth-order valence-corrected chi connectivity index (χ4v) is 7.46. The maximum Gasteiger partial charge on any atom is 0.306 e. The van der Waals surface area contributed by atoms with Crippen LogP contribution in [-0.4, -0.2) is 37.2 Å². The molecule has 0 fully saturated rings. The van der Waals surface area contributed by atoms with E-state index in [-0.39, 0.29) is 37.5 Å². The van der Waals surface area contributed by atoms with Crippen molar-refractivity contribution in [3.63, 3.8) is 0 Å². The highest BCUT2D eigenvalue weighted by Crippen LogP contribution is 2.12. The summed E-state index contributed by atoms with van der Waals surface area (Å²) in [6, 6.07) is 0. The number of ether oxygens (including phenoxy) is 3. The van der Waals surface area contributed by atoms with Crippen molar-refractivity contribution in [2.24, 2.45) is 0 Å². The molecule has 0 radical (unpaired) electrons. The number of rotatable bonds is 52. The summed E-state index contributed by atoms with van der Waals surface area (Å²) in [6.07, 6.45) is 92.1. The lowest BCUT2D eigenvalue weighted by Crippen LogP contribution is -2.30. The van der Waals surface area contributed by atoms with Gasteiger partial charge in [0.2, 0.25) is 0 Å². The van der Waals surface area contributed by atoms with Gasteiger partial charge in [-0.2, -0.15) is 0 Å².